The number of hydrogen-bond acceptors (Lipinski definition) is 9. The zero-order valence-corrected chi connectivity index (χ0v) is 25.8. The molecule has 0 radical (unpaired) electrons. The minimum atomic E-state index is -4.11. The van der Waals surface area contributed by atoms with E-state index < -0.39 is 34.4 Å². The van der Waals surface area contributed by atoms with Gasteiger partial charge in [-0.1, -0.05) is 42.5 Å². The Morgan fingerprint density at radius 2 is 1.91 bits per heavy atom. The molecule has 1 amide bonds. The van der Waals surface area contributed by atoms with E-state index >= 15 is 0 Å². The van der Waals surface area contributed by atoms with Crippen LogP contribution in [0.4, 0.5) is 4.79 Å². The molecule has 0 spiro atoms. The van der Waals surface area contributed by atoms with Gasteiger partial charge in [-0.2, -0.15) is 4.31 Å². The number of aliphatic hydroxyl groups excluding tert-OH is 1. The normalized spacial score (nSPS) is 25.9. The Labute approximate surface area is 259 Å². The van der Waals surface area contributed by atoms with Crippen LogP contribution in [0, 0.1) is 5.92 Å². The average Bonchev–Trinajstić information content (AvgIpc) is 3.64. The first-order valence-electron chi connectivity index (χ1n) is 15.2. The van der Waals surface area contributed by atoms with Crippen molar-refractivity contribution in [2.45, 2.75) is 68.0 Å². The standard InChI is InChI=1S/C32H42N2O9S/c1-39-24-13-14-30-28(20-24)40-17-10-5-3-2-4-9-16-34(44(30,37)38)21-27(35)26(19-23-11-7-6-8-12-23)33-32(36)43-29-22-42-31-25(29)15-18-41-31/h3,5-8,11-14,20,25-27,29,31,35H,2,4,9-10,15-19,21-22H2,1H3,(H,33,36)/b5-3-/t25-,26-,27+,29?,31+/m0/s1. The van der Waals surface area contributed by atoms with Gasteiger partial charge in [0, 0.05) is 19.2 Å². The smallest absolute Gasteiger partial charge is 0.407 e. The molecule has 3 heterocycles. The topological polar surface area (TPSA) is 133 Å². The summed E-state index contributed by atoms with van der Waals surface area (Å²) in [6.07, 6.45) is 5.14. The van der Waals surface area contributed by atoms with Gasteiger partial charge in [-0.15, -0.1) is 0 Å². The van der Waals surface area contributed by atoms with Crippen molar-refractivity contribution in [1.29, 1.82) is 0 Å². The van der Waals surface area contributed by atoms with Crippen molar-refractivity contribution >= 4 is 16.1 Å². The predicted octanol–water partition coefficient (Wildman–Crippen LogP) is 3.65. The third kappa shape index (κ3) is 8.10. The maximum absolute atomic E-state index is 14.1. The van der Waals surface area contributed by atoms with Crippen molar-refractivity contribution < 1.29 is 42.0 Å². The first-order valence-corrected chi connectivity index (χ1v) is 16.7. The van der Waals surface area contributed by atoms with E-state index in [4.69, 9.17) is 23.7 Å². The fourth-order valence-electron chi connectivity index (χ4n) is 5.77. The van der Waals surface area contributed by atoms with Gasteiger partial charge in [-0.25, -0.2) is 13.2 Å². The zero-order chi connectivity index (χ0) is 30.9. The molecule has 2 aromatic carbocycles. The number of amides is 1. The van der Waals surface area contributed by atoms with Crippen LogP contribution in [-0.2, 0) is 30.7 Å². The second-order valence-electron chi connectivity index (χ2n) is 11.3. The number of β-amino-alcohol motifs (C(OH)–C–C–N with tert-alkyl or cyclic N) is 1. The van der Waals surface area contributed by atoms with Crippen molar-refractivity contribution in [2.24, 2.45) is 5.92 Å². The fourth-order valence-corrected chi connectivity index (χ4v) is 7.38. The van der Waals surface area contributed by atoms with Crippen LogP contribution in [0.1, 0.15) is 37.7 Å². The molecule has 2 fully saturated rings. The van der Waals surface area contributed by atoms with E-state index in [1.54, 1.807) is 12.1 Å². The fraction of sp³-hybridized carbons (Fsp3) is 0.531. The van der Waals surface area contributed by atoms with Crippen LogP contribution < -0.4 is 14.8 Å². The van der Waals surface area contributed by atoms with Gasteiger partial charge in [0.05, 0.1) is 45.0 Å². The van der Waals surface area contributed by atoms with Crippen LogP contribution in [0.25, 0.3) is 0 Å². The summed E-state index contributed by atoms with van der Waals surface area (Å²) in [5.41, 5.74) is 0.871. The van der Waals surface area contributed by atoms with Crippen LogP contribution in [-0.4, -0.2) is 88.5 Å². The predicted molar refractivity (Wildman–Crippen MR) is 162 cm³/mol. The summed E-state index contributed by atoms with van der Waals surface area (Å²) >= 11 is 0. The summed E-state index contributed by atoms with van der Waals surface area (Å²) in [4.78, 5) is 13.1. The van der Waals surface area contributed by atoms with Gasteiger partial charge < -0.3 is 34.1 Å². The molecule has 11 nitrogen and oxygen atoms in total. The third-order valence-corrected chi connectivity index (χ3v) is 10.1. The van der Waals surface area contributed by atoms with E-state index in [1.165, 1.54) is 17.5 Å². The number of rotatable bonds is 8. The van der Waals surface area contributed by atoms with Crippen molar-refractivity contribution in [3.8, 4) is 11.5 Å². The van der Waals surface area contributed by atoms with Crippen molar-refractivity contribution in [3.63, 3.8) is 0 Å². The maximum atomic E-state index is 14.1. The van der Waals surface area contributed by atoms with E-state index in [0.29, 0.717) is 31.8 Å². The van der Waals surface area contributed by atoms with Gasteiger partial charge in [0.2, 0.25) is 10.0 Å². The maximum Gasteiger partial charge on any atom is 0.407 e. The lowest BCUT2D eigenvalue weighted by Crippen LogP contribution is -2.51. The molecule has 3 aliphatic rings. The highest BCUT2D eigenvalue weighted by Gasteiger charge is 2.44. The van der Waals surface area contributed by atoms with Crippen LogP contribution in [0.5, 0.6) is 11.5 Å². The average molecular weight is 631 g/mol. The summed E-state index contributed by atoms with van der Waals surface area (Å²) in [5.74, 6) is 0.622. The van der Waals surface area contributed by atoms with E-state index in [1.807, 2.05) is 36.4 Å². The molecule has 5 rings (SSSR count). The van der Waals surface area contributed by atoms with E-state index in [-0.39, 0.29) is 49.0 Å². The molecule has 0 aliphatic carbocycles. The molecule has 0 aromatic heterocycles. The molecular weight excluding hydrogens is 588 g/mol. The minimum absolute atomic E-state index is 0.00438. The number of hydrogen-bond donors (Lipinski definition) is 2. The Hall–Kier alpha value is -3.16. The SMILES string of the molecule is COc1ccc2c(c1)OCC/C=C\CCCCN(C[C@@H](O)[C@H](Cc1ccccc1)NC(=O)OC1CO[C@H]3OCC[C@@H]13)S2(=O)=O. The monoisotopic (exact) mass is 630 g/mol. The number of alkyl carbamates (subject to hydrolysis) is 1. The van der Waals surface area contributed by atoms with E-state index in [9.17, 15) is 18.3 Å². The summed E-state index contributed by atoms with van der Waals surface area (Å²) in [6, 6.07) is 13.2. The van der Waals surface area contributed by atoms with Gasteiger partial charge in [0.15, 0.2) is 6.29 Å². The number of aliphatic hydroxyl groups is 1. The lowest BCUT2D eigenvalue weighted by Gasteiger charge is -2.30. The Bertz CT molecular complexity index is 1370. The van der Waals surface area contributed by atoms with Crippen LogP contribution >= 0.6 is 0 Å². The first kappa shape index (κ1) is 32.2. The van der Waals surface area contributed by atoms with Crippen molar-refractivity contribution in [1.82, 2.24) is 9.62 Å². The lowest BCUT2D eigenvalue weighted by atomic mass is 10.0. The van der Waals surface area contributed by atoms with Gasteiger partial charge in [-0.05, 0) is 56.2 Å². The molecule has 240 valence electrons. The molecule has 2 N–H and O–H groups in total. The highest BCUT2D eigenvalue weighted by atomic mass is 32.2. The van der Waals surface area contributed by atoms with Gasteiger partial charge in [0.1, 0.15) is 22.5 Å². The molecule has 1 unspecified atom stereocenters. The van der Waals surface area contributed by atoms with Crippen molar-refractivity contribution in [3.05, 3.63) is 66.2 Å². The number of nitrogens with zero attached hydrogens (tertiary/aromatic N) is 1. The van der Waals surface area contributed by atoms with Crippen LogP contribution in [0.3, 0.4) is 0 Å². The molecule has 12 heteroatoms. The lowest BCUT2D eigenvalue weighted by molar-refractivity contribution is -0.0907. The highest BCUT2D eigenvalue weighted by Crippen LogP contribution is 2.34. The Balaban J connectivity index is 1.37. The number of carbonyl (C=O) groups excluding carboxylic acids is 1. The summed E-state index contributed by atoms with van der Waals surface area (Å²) in [7, 11) is -2.60. The van der Waals surface area contributed by atoms with Crippen molar-refractivity contribution in [2.75, 3.05) is 40.0 Å². The minimum Gasteiger partial charge on any atom is -0.497 e. The van der Waals surface area contributed by atoms with Gasteiger partial charge in [-0.3, -0.25) is 0 Å². The first-order chi connectivity index (χ1) is 21.3. The Kier molecular flexibility index (Phi) is 11.2. The summed E-state index contributed by atoms with van der Waals surface area (Å²) in [5, 5.41) is 14.4. The number of carbonyl (C=O) groups is 1. The quantitative estimate of drug-likeness (QED) is 0.420. The third-order valence-electron chi connectivity index (χ3n) is 8.21. The van der Waals surface area contributed by atoms with E-state index in [0.717, 1.165) is 24.8 Å². The zero-order valence-electron chi connectivity index (χ0n) is 25.0. The summed E-state index contributed by atoms with van der Waals surface area (Å²) in [6.45, 7) is 1.03. The van der Waals surface area contributed by atoms with Gasteiger partial charge >= 0.3 is 6.09 Å². The molecule has 5 atom stereocenters. The van der Waals surface area contributed by atoms with Gasteiger partial charge in [0.25, 0.3) is 0 Å². The molecule has 2 saturated heterocycles. The molecule has 3 aliphatic heterocycles. The van der Waals surface area contributed by atoms with E-state index in [2.05, 4.69) is 11.4 Å². The molecule has 0 bridgehead atoms. The largest absolute Gasteiger partial charge is 0.497 e. The number of benzene rings is 2. The molecule has 44 heavy (non-hydrogen) atoms. The van der Waals surface area contributed by atoms with Crippen LogP contribution in [0.15, 0.2) is 65.6 Å². The number of sulfonamides is 1. The number of methoxy groups -OCH3 is 1. The number of fused-ring (bicyclic) bond motifs is 2. The second-order valence-corrected chi connectivity index (χ2v) is 13.2. The number of ether oxygens (including phenoxy) is 5. The summed E-state index contributed by atoms with van der Waals surface area (Å²) < 4.78 is 57.6. The van der Waals surface area contributed by atoms with Crippen LogP contribution in [0.2, 0.25) is 0 Å². The molecule has 2 aromatic rings. The highest BCUT2D eigenvalue weighted by molar-refractivity contribution is 7.89. The Morgan fingerprint density at radius 1 is 1.09 bits per heavy atom. The molecular formula is C32H42N2O9S. The Morgan fingerprint density at radius 3 is 2.73 bits per heavy atom. The number of allylic oxidation sites excluding steroid dienone is 1. The number of nitrogens with one attached hydrogen (secondary N) is 1. The second kappa shape index (κ2) is 15.2. The molecule has 0 saturated carbocycles.